The summed E-state index contributed by atoms with van der Waals surface area (Å²) in [6, 6.07) is 0. The molecule has 0 radical (unpaired) electrons. The van der Waals surface area contributed by atoms with Gasteiger partial charge in [0.2, 0.25) is 5.91 Å². The smallest absolute Gasteiger partial charge is 0.323 e. The number of thioether (sulfide) groups is 1. The molecule has 0 aromatic carbocycles. The summed E-state index contributed by atoms with van der Waals surface area (Å²) < 4.78 is 22.4. The minimum absolute atomic E-state index is 0.0396. The van der Waals surface area contributed by atoms with E-state index in [4.69, 9.17) is 5.11 Å². The molecule has 17 heavy (non-hydrogen) atoms. The molecule has 0 bridgehead atoms. The van der Waals surface area contributed by atoms with Gasteiger partial charge in [-0.2, -0.15) is 0 Å². The van der Waals surface area contributed by atoms with Gasteiger partial charge in [0, 0.05) is 12.3 Å². The van der Waals surface area contributed by atoms with Gasteiger partial charge in [-0.15, -0.1) is 11.8 Å². The van der Waals surface area contributed by atoms with Crippen molar-refractivity contribution in [2.45, 2.75) is 11.7 Å². The van der Waals surface area contributed by atoms with Gasteiger partial charge in [0.1, 0.15) is 6.54 Å². The van der Waals surface area contributed by atoms with Crippen LogP contribution in [-0.4, -0.2) is 66.4 Å². The van der Waals surface area contributed by atoms with Gasteiger partial charge in [0.15, 0.2) is 9.84 Å². The van der Waals surface area contributed by atoms with Crippen molar-refractivity contribution in [2.24, 2.45) is 0 Å². The normalized spacial score (nSPS) is 22.3. The Kier molecular flexibility index (Phi) is 4.81. The highest BCUT2D eigenvalue weighted by molar-refractivity contribution is 8.02. The third-order valence-corrected chi connectivity index (χ3v) is 5.70. The molecule has 1 N–H and O–H groups in total. The number of carbonyl (C=O) groups excluding carboxylic acids is 1. The minimum atomic E-state index is -2.92. The van der Waals surface area contributed by atoms with Crippen molar-refractivity contribution in [1.29, 1.82) is 0 Å². The van der Waals surface area contributed by atoms with E-state index in [1.165, 1.54) is 18.8 Å². The summed E-state index contributed by atoms with van der Waals surface area (Å²) in [6.07, 6.45) is 0.572. The number of rotatable bonds is 5. The maximum atomic E-state index is 11.5. The van der Waals surface area contributed by atoms with E-state index in [0.717, 1.165) is 4.90 Å². The summed E-state index contributed by atoms with van der Waals surface area (Å²) in [6.45, 7) is -0.331. The second kappa shape index (κ2) is 5.72. The van der Waals surface area contributed by atoms with Crippen LogP contribution >= 0.6 is 11.8 Å². The van der Waals surface area contributed by atoms with E-state index in [-0.39, 0.29) is 35.0 Å². The first kappa shape index (κ1) is 14.3. The molecule has 0 spiro atoms. The van der Waals surface area contributed by atoms with E-state index in [0.29, 0.717) is 6.42 Å². The Morgan fingerprint density at radius 3 is 2.59 bits per heavy atom. The first-order valence-electron chi connectivity index (χ1n) is 5.08. The van der Waals surface area contributed by atoms with Crippen LogP contribution in [0.5, 0.6) is 0 Å². The maximum Gasteiger partial charge on any atom is 0.323 e. The fraction of sp³-hybridized carbons (Fsp3) is 0.778. The number of amides is 1. The van der Waals surface area contributed by atoms with Crippen LogP contribution in [-0.2, 0) is 19.4 Å². The number of carboxylic acid groups (broad SMARTS) is 1. The van der Waals surface area contributed by atoms with Gasteiger partial charge >= 0.3 is 5.97 Å². The molecule has 1 atom stereocenters. The molecular weight excluding hydrogens is 266 g/mol. The first-order valence-corrected chi connectivity index (χ1v) is 7.95. The highest BCUT2D eigenvalue weighted by Crippen LogP contribution is 2.24. The first-order chi connectivity index (χ1) is 7.80. The second-order valence-electron chi connectivity index (χ2n) is 3.98. The summed E-state index contributed by atoms with van der Waals surface area (Å²) in [4.78, 5) is 23.0. The van der Waals surface area contributed by atoms with Crippen molar-refractivity contribution < 1.29 is 23.1 Å². The molecule has 1 heterocycles. The third kappa shape index (κ3) is 4.95. The van der Waals surface area contributed by atoms with Gasteiger partial charge < -0.3 is 10.0 Å². The van der Waals surface area contributed by atoms with Crippen molar-refractivity contribution in [2.75, 3.05) is 30.9 Å². The average Bonchev–Trinajstić information content (AvgIpc) is 2.53. The third-order valence-electron chi connectivity index (χ3n) is 2.43. The summed E-state index contributed by atoms with van der Waals surface area (Å²) in [7, 11) is -1.50. The Morgan fingerprint density at radius 2 is 2.12 bits per heavy atom. The second-order valence-corrected chi connectivity index (χ2v) is 7.50. The molecule has 0 saturated carbocycles. The van der Waals surface area contributed by atoms with Crippen LogP contribution in [0.4, 0.5) is 0 Å². The van der Waals surface area contributed by atoms with E-state index < -0.39 is 15.8 Å². The van der Waals surface area contributed by atoms with Gasteiger partial charge in [0.25, 0.3) is 0 Å². The molecule has 1 saturated heterocycles. The molecule has 1 unspecified atom stereocenters. The van der Waals surface area contributed by atoms with Crippen LogP contribution in [0.15, 0.2) is 0 Å². The predicted molar refractivity (Wildman–Crippen MR) is 64.8 cm³/mol. The zero-order chi connectivity index (χ0) is 13.1. The van der Waals surface area contributed by atoms with Crippen molar-refractivity contribution in [3.05, 3.63) is 0 Å². The van der Waals surface area contributed by atoms with Crippen molar-refractivity contribution in [1.82, 2.24) is 4.90 Å². The Hall–Kier alpha value is -0.760. The van der Waals surface area contributed by atoms with Gasteiger partial charge in [-0.25, -0.2) is 8.42 Å². The number of hydrogen-bond donors (Lipinski definition) is 1. The summed E-state index contributed by atoms with van der Waals surface area (Å²) >= 11 is 1.29. The molecule has 1 fully saturated rings. The van der Waals surface area contributed by atoms with Crippen LogP contribution in [0.2, 0.25) is 0 Å². The van der Waals surface area contributed by atoms with E-state index in [2.05, 4.69) is 0 Å². The topological polar surface area (TPSA) is 91.8 Å². The van der Waals surface area contributed by atoms with Gasteiger partial charge in [-0.05, 0) is 6.42 Å². The standard InChI is InChI=1S/C9H15NO5S2/c1-10(4-9(12)13)8(11)5-16-7-2-3-17(14,15)6-7/h7H,2-6H2,1H3,(H,12,13). The van der Waals surface area contributed by atoms with E-state index in [9.17, 15) is 18.0 Å². The zero-order valence-electron chi connectivity index (χ0n) is 9.46. The molecule has 0 aliphatic carbocycles. The van der Waals surface area contributed by atoms with E-state index in [1.807, 2.05) is 0 Å². The fourth-order valence-electron chi connectivity index (χ4n) is 1.48. The molecule has 1 aliphatic heterocycles. The Bertz CT molecular complexity index is 406. The number of aliphatic carboxylic acids is 1. The molecule has 1 rings (SSSR count). The van der Waals surface area contributed by atoms with Crippen LogP contribution in [0, 0.1) is 0 Å². The molecule has 1 amide bonds. The number of carboxylic acids is 1. The van der Waals surface area contributed by atoms with Crippen molar-refractivity contribution in [3.8, 4) is 0 Å². The van der Waals surface area contributed by atoms with E-state index >= 15 is 0 Å². The molecule has 8 heteroatoms. The minimum Gasteiger partial charge on any atom is -0.480 e. The molecule has 0 aromatic rings. The Balaban J connectivity index is 2.32. The fourth-order valence-corrected chi connectivity index (χ4v) is 5.07. The van der Waals surface area contributed by atoms with Crippen molar-refractivity contribution in [3.63, 3.8) is 0 Å². The monoisotopic (exact) mass is 281 g/mol. The van der Waals surface area contributed by atoms with Crippen LogP contribution in [0.3, 0.4) is 0 Å². The number of hydrogen-bond acceptors (Lipinski definition) is 5. The Labute approximate surface area is 104 Å². The number of sulfone groups is 1. The average molecular weight is 281 g/mol. The summed E-state index contributed by atoms with van der Waals surface area (Å²) in [5.74, 6) is -0.919. The lowest BCUT2D eigenvalue weighted by Crippen LogP contribution is -2.33. The summed E-state index contributed by atoms with van der Waals surface area (Å²) in [5.41, 5.74) is 0. The van der Waals surface area contributed by atoms with Crippen molar-refractivity contribution >= 4 is 33.5 Å². The summed E-state index contributed by atoms with van der Waals surface area (Å²) in [5, 5.41) is 8.46. The highest BCUT2D eigenvalue weighted by atomic mass is 32.2. The lowest BCUT2D eigenvalue weighted by Gasteiger charge is -2.15. The lowest BCUT2D eigenvalue weighted by atomic mass is 10.4. The zero-order valence-corrected chi connectivity index (χ0v) is 11.1. The lowest BCUT2D eigenvalue weighted by molar-refractivity contribution is -0.142. The predicted octanol–water partition coefficient (Wildman–Crippen LogP) is -0.550. The Morgan fingerprint density at radius 1 is 1.47 bits per heavy atom. The van der Waals surface area contributed by atoms with Crippen LogP contribution in [0.1, 0.15) is 6.42 Å². The van der Waals surface area contributed by atoms with E-state index in [1.54, 1.807) is 0 Å². The molecule has 0 aromatic heterocycles. The number of likely N-dealkylation sites (N-methyl/N-ethyl adjacent to an activating group) is 1. The number of carbonyl (C=O) groups is 2. The molecule has 6 nitrogen and oxygen atoms in total. The quantitative estimate of drug-likeness (QED) is 0.727. The molecular formula is C9H15NO5S2. The number of nitrogens with zero attached hydrogens (tertiary/aromatic N) is 1. The van der Waals surface area contributed by atoms with Gasteiger partial charge in [-0.3, -0.25) is 9.59 Å². The van der Waals surface area contributed by atoms with Crippen LogP contribution < -0.4 is 0 Å². The molecule has 1 aliphatic rings. The van der Waals surface area contributed by atoms with Crippen LogP contribution in [0.25, 0.3) is 0 Å². The highest BCUT2D eigenvalue weighted by Gasteiger charge is 2.28. The SMILES string of the molecule is CN(CC(=O)O)C(=O)CSC1CCS(=O)(=O)C1. The van der Waals surface area contributed by atoms with Gasteiger partial charge in [-0.1, -0.05) is 0 Å². The largest absolute Gasteiger partial charge is 0.480 e. The molecule has 98 valence electrons. The van der Waals surface area contributed by atoms with Gasteiger partial charge in [0.05, 0.1) is 17.3 Å². The maximum absolute atomic E-state index is 11.5.